The number of H-pyrrole nitrogens is 1. The van der Waals surface area contributed by atoms with Crippen molar-refractivity contribution < 1.29 is 9.53 Å². The van der Waals surface area contributed by atoms with Crippen LogP contribution >= 0.6 is 0 Å². The van der Waals surface area contributed by atoms with Crippen molar-refractivity contribution in [2.45, 2.75) is 13.8 Å². The number of para-hydroxylation sites is 1. The molecule has 1 amide bonds. The number of nitrogens with zero attached hydrogens (tertiary/aromatic N) is 2. The minimum atomic E-state index is -0.342. The molecule has 0 aliphatic rings. The fourth-order valence-electron chi connectivity index (χ4n) is 3.78. The van der Waals surface area contributed by atoms with Crippen LogP contribution in [-0.4, -0.2) is 27.1 Å². The number of benzene rings is 1. The second-order valence-electron chi connectivity index (χ2n) is 7.81. The summed E-state index contributed by atoms with van der Waals surface area (Å²) in [7, 11) is 4.79. The van der Waals surface area contributed by atoms with Crippen molar-refractivity contribution in [3.05, 3.63) is 80.3 Å². The quantitative estimate of drug-likeness (QED) is 0.518. The highest BCUT2D eigenvalue weighted by molar-refractivity contribution is 6.03. The molecule has 0 radical (unpaired) electrons. The van der Waals surface area contributed by atoms with Crippen LogP contribution < -0.4 is 21.2 Å². The van der Waals surface area contributed by atoms with Gasteiger partial charge in [-0.05, 0) is 37.1 Å². The minimum Gasteiger partial charge on any atom is -0.450 e. The van der Waals surface area contributed by atoms with Crippen LogP contribution in [0.5, 0.6) is 11.5 Å². The molecule has 8 heteroatoms. The highest BCUT2D eigenvalue weighted by Gasteiger charge is 2.21. The van der Waals surface area contributed by atoms with Gasteiger partial charge in [0.05, 0.1) is 0 Å². The van der Waals surface area contributed by atoms with Crippen molar-refractivity contribution in [2.24, 2.45) is 14.1 Å². The van der Waals surface area contributed by atoms with Gasteiger partial charge in [-0.25, -0.2) is 0 Å². The van der Waals surface area contributed by atoms with Crippen molar-refractivity contribution in [2.75, 3.05) is 7.05 Å². The SMILES string of the molecule is CNC(=O)c1cc2c(-c3ccn(C)c(=O)c3Oc3c(C)cccc3C)cn(C)c(=O)c2[nH]1. The van der Waals surface area contributed by atoms with Gasteiger partial charge in [-0.3, -0.25) is 14.4 Å². The zero-order chi connectivity index (χ0) is 23.2. The topological polar surface area (TPSA) is 98.1 Å². The summed E-state index contributed by atoms with van der Waals surface area (Å²) in [6, 6.07) is 9.16. The molecule has 3 heterocycles. The minimum absolute atomic E-state index is 0.148. The standard InChI is InChI=1S/C24H24N4O4/c1-13-7-6-8-14(2)20(13)32-21-15(9-10-27(4)24(21)31)17-12-28(5)23(30)19-16(17)11-18(26-19)22(29)25-3/h6-12,26H,1-5H3,(H,25,29). The number of hydrogen-bond acceptors (Lipinski definition) is 4. The first-order valence-corrected chi connectivity index (χ1v) is 10.1. The Balaban J connectivity index is 2.03. The molecule has 1 aromatic carbocycles. The van der Waals surface area contributed by atoms with E-state index in [2.05, 4.69) is 10.3 Å². The maximum atomic E-state index is 13.1. The summed E-state index contributed by atoms with van der Waals surface area (Å²) in [6.45, 7) is 3.84. The Kier molecular flexibility index (Phi) is 5.22. The van der Waals surface area contributed by atoms with Crippen LogP contribution in [0.15, 0.2) is 52.3 Å². The third-order valence-corrected chi connectivity index (χ3v) is 5.56. The number of ether oxygens (including phenoxy) is 1. The Morgan fingerprint density at radius 3 is 2.31 bits per heavy atom. The van der Waals surface area contributed by atoms with Crippen LogP contribution in [0.4, 0.5) is 0 Å². The Labute approximate surface area is 184 Å². The summed E-state index contributed by atoms with van der Waals surface area (Å²) in [5.41, 5.74) is 2.88. The molecule has 3 aromatic heterocycles. The number of aromatic amines is 1. The summed E-state index contributed by atoms with van der Waals surface area (Å²) >= 11 is 0. The molecule has 0 saturated heterocycles. The van der Waals surface area contributed by atoms with Crippen molar-refractivity contribution in [3.63, 3.8) is 0 Å². The number of nitrogens with one attached hydrogen (secondary N) is 2. The average molecular weight is 432 g/mol. The first-order valence-electron chi connectivity index (χ1n) is 10.1. The van der Waals surface area contributed by atoms with Gasteiger partial charge in [-0.2, -0.15) is 0 Å². The van der Waals surface area contributed by atoms with Crippen molar-refractivity contribution in [3.8, 4) is 22.6 Å². The summed E-state index contributed by atoms with van der Waals surface area (Å²) in [4.78, 5) is 40.9. The Bertz CT molecular complexity index is 1470. The molecule has 0 aliphatic heterocycles. The molecular weight excluding hydrogens is 408 g/mol. The lowest BCUT2D eigenvalue weighted by Gasteiger charge is -2.16. The summed E-state index contributed by atoms with van der Waals surface area (Å²) < 4.78 is 9.08. The van der Waals surface area contributed by atoms with Crippen LogP contribution in [0.1, 0.15) is 21.6 Å². The highest BCUT2D eigenvalue weighted by Crippen LogP contribution is 2.36. The highest BCUT2D eigenvalue weighted by atomic mass is 16.5. The normalized spacial score (nSPS) is 11.0. The van der Waals surface area contributed by atoms with Crippen molar-refractivity contribution in [1.29, 1.82) is 0 Å². The molecule has 0 saturated carbocycles. The van der Waals surface area contributed by atoms with Crippen LogP contribution in [0.2, 0.25) is 0 Å². The van der Waals surface area contributed by atoms with Crippen LogP contribution in [0.25, 0.3) is 22.0 Å². The van der Waals surface area contributed by atoms with E-state index in [1.807, 2.05) is 32.0 Å². The smallest absolute Gasteiger partial charge is 0.293 e. The summed E-state index contributed by atoms with van der Waals surface area (Å²) in [5.74, 6) is 0.415. The van der Waals surface area contributed by atoms with E-state index in [0.29, 0.717) is 22.3 Å². The molecule has 4 aromatic rings. The fraction of sp³-hybridized carbons (Fsp3) is 0.208. The molecule has 0 atom stereocenters. The number of carbonyl (C=O) groups excluding carboxylic acids is 1. The molecule has 0 unspecified atom stereocenters. The van der Waals surface area contributed by atoms with Crippen LogP contribution in [0.3, 0.4) is 0 Å². The summed E-state index contributed by atoms with van der Waals surface area (Å²) in [6.07, 6.45) is 3.30. The molecule has 2 N–H and O–H groups in total. The van der Waals surface area contributed by atoms with Gasteiger partial charge in [0.25, 0.3) is 17.0 Å². The number of amides is 1. The number of pyridine rings is 2. The van der Waals surface area contributed by atoms with Gasteiger partial charge in [0.1, 0.15) is 17.0 Å². The predicted octanol–water partition coefficient (Wildman–Crippen LogP) is 3.00. The molecule has 0 bridgehead atoms. The number of rotatable bonds is 4. The van der Waals surface area contributed by atoms with Gasteiger partial charge in [0.15, 0.2) is 5.75 Å². The third kappa shape index (κ3) is 3.39. The number of hydrogen-bond donors (Lipinski definition) is 2. The Morgan fingerprint density at radius 1 is 0.969 bits per heavy atom. The van der Waals surface area contributed by atoms with E-state index in [0.717, 1.165) is 11.1 Å². The van der Waals surface area contributed by atoms with Gasteiger partial charge >= 0.3 is 0 Å². The number of aromatic nitrogens is 3. The lowest BCUT2D eigenvalue weighted by atomic mass is 10.0. The monoisotopic (exact) mass is 432 g/mol. The molecular formula is C24H24N4O4. The van der Waals surface area contributed by atoms with E-state index >= 15 is 0 Å². The molecule has 8 nitrogen and oxygen atoms in total. The van der Waals surface area contributed by atoms with Crippen molar-refractivity contribution >= 4 is 16.8 Å². The molecule has 164 valence electrons. The maximum absolute atomic E-state index is 13.1. The fourth-order valence-corrected chi connectivity index (χ4v) is 3.78. The number of aryl methyl sites for hydroxylation is 4. The van der Waals surface area contributed by atoms with Gasteiger partial charge in [-0.1, -0.05) is 18.2 Å². The Morgan fingerprint density at radius 2 is 1.66 bits per heavy atom. The van der Waals surface area contributed by atoms with E-state index in [1.54, 1.807) is 38.6 Å². The average Bonchev–Trinajstić information content (AvgIpc) is 3.22. The zero-order valence-corrected chi connectivity index (χ0v) is 18.6. The van der Waals surface area contributed by atoms with Crippen LogP contribution in [-0.2, 0) is 14.1 Å². The maximum Gasteiger partial charge on any atom is 0.293 e. The van der Waals surface area contributed by atoms with Gasteiger partial charge < -0.3 is 24.2 Å². The lowest BCUT2D eigenvalue weighted by molar-refractivity contribution is 0.0959. The first-order chi connectivity index (χ1) is 15.2. The van der Waals surface area contributed by atoms with E-state index in [-0.39, 0.29) is 34.0 Å². The number of fused-ring (bicyclic) bond motifs is 1. The van der Waals surface area contributed by atoms with E-state index in [4.69, 9.17) is 4.74 Å². The van der Waals surface area contributed by atoms with Gasteiger partial charge in [-0.15, -0.1) is 0 Å². The number of carbonyl (C=O) groups is 1. The molecule has 32 heavy (non-hydrogen) atoms. The molecule has 0 fully saturated rings. The molecule has 0 aliphatic carbocycles. The largest absolute Gasteiger partial charge is 0.450 e. The van der Waals surface area contributed by atoms with E-state index in [1.165, 1.54) is 16.2 Å². The second kappa shape index (κ2) is 7.88. The molecule has 4 rings (SSSR count). The summed E-state index contributed by atoms with van der Waals surface area (Å²) in [5, 5.41) is 3.09. The second-order valence-corrected chi connectivity index (χ2v) is 7.81. The van der Waals surface area contributed by atoms with Gasteiger partial charge in [0.2, 0.25) is 0 Å². The van der Waals surface area contributed by atoms with Crippen LogP contribution in [0, 0.1) is 13.8 Å². The zero-order valence-electron chi connectivity index (χ0n) is 18.6. The van der Waals surface area contributed by atoms with E-state index in [9.17, 15) is 14.4 Å². The van der Waals surface area contributed by atoms with Crippen molar-refractivity contribution in [1.82, 2.24) is 19.4 Å². The molecule has 0 spiro atoms. The predicted molar refractivity (Wildman–Crippen MR) is 124 cm³/mol. The van der Waals surface area contributed by atoms with E-state index < -0.39 is 0 Å². The van der Waals surface area contributed by atoms with Gasteiger partial charge in [0, 0.05) is 50.0 Å². The first kappa shape index (κ1) is 21.2. The lowest BCUT2D eigenvalue weighted by Crippen LogP contribution is -2.20. The Hall–Kier alpha value is -4.07. The third-order valence-electron chi connectivity index (χ3n) is 5.56.